The van der Waals surface area contributed by atoms with Crippen LogP contribution in [0.1, 0.15) is 64.5 Å². The van der Waals surface area contributed by atoms with E-state index in [1.165, 1.54) is 11.3 Å². The van der Waals surface area contributed by atoms with Gasteiger partial charge >= 0.3 is 12.1 Å². The van der Waals surface area contributed by atoms with Gasteiger partial charge in [-0.25, -0.2) is 4.79 Å². The molecule has 35 heavy (non-hydrogen) atoms. The molecule has 0 aliphatic rings. The molecule has 0 bridgehead atoms. The maximum atomic E-state index is 13.2. The Morgan fingerprint density at radius 1 is 1.00 bits per heavy atom. The first kappa shape index (κ1) is 26.8. The van der Waals surface area contributed by atoms with Gasteiger partial charge in [-0.3, -0.25) is 0 Å². The van der Waals surface area contributed by atoms with E-state index in [1.807, 2.05) is 57.2 Å². The summed E-state index contributed by atoms with van der Waals surface area (Å²) >= 11 is 1.45. The first-order chi connectivity index (χ1) is 16.0. The SMILES string of the molecule is CC(=CC(=O)O)c1cc2c(-c3cc(C(C)(C)C)cc(C(C)(C)C)c3OCC(F)(F)F)cccc2s1. The lowest BCUT2D eigenvalue weighted by molar-refractivity contribution is -0.153. The fraction of sp³-hybridized carbons (Fsp3) is 0.393. The predicted molar refractivity (Wildman–Crippen MR) is 137 cm³/mol. The molecule has 0 saturated carbocycles. The predicted octanol–water partition coefficient (Wildman–Crippen LogP) is 8.59. The highest BCUT2D eigenvalue weighted by Gasteiger charge is 2.32. The van der Waals surface area contributed by atoms with Crippen LogP contribution in [0.25, 0.3) is 26.8 Å². The van der Waals surface area contributed by atoms with E-state index in [0.29, 0.717) is 16.7 Å². The van der Waals surface area contributed by atoms with Crippen molar-refractivity contribution < 1.29 is 27.8 Å². The largest absolute Gasteiger partial charge is 0.483 e. The van der Waals surface area contributed by atoms with Gasteiger partial charge in [0.1, 0.15) is 5.75 Å². The summed E-state index contributed by atoms with van der Waals surface area (Å²) in [5.74, 6) is -0.809. The number of aliphatic carboxylic acids is 1. The minimum Gasteiger partial charge on any atom is -0.483 e. The molecule has 1 aromatic heterocycles. The molecule has 0 spiro atoms. The van der Waals surface area contributed by atoms with Crippen LogP contribution in [0.2, 0.25) is 0 Å². The fourth-order valence-electron chi connectivity index (χ4n) is 3.87. The van der Waals surface area contributed by atoms with Crippen molar-refractivity contribution >= 4 is 33.0 Å². The van der Waals surface area contributed by atoms with Gasteiger partial charge in [0.2, 0.25) is 0 Å². The van der Waals surface area contributed by atoms with Crippen molar-refractivity contribution in [1.82, 2.24) is 0 Å². The van der Waals surface area contributed by atoms with E-state index in [4.69, 9.17) is 9.84 Å². The molecule has 3 nitrogen and oxygen atoms in total. The Bertz CT molecular complexity index is 1290. The van der Waals surface area contributed by atoms with Crippen LogP contribution in [0.3, 0.4) is 0 Å². The van der Waals surface area contributed by atoms with E-state index in [0.717, 1.165) is 32.2 Å². The summed E-state index contributed by atoms with van der Waals surface area (Å²) in [6, 6.07) is 11.4. The van der Waals surface area contributed by atoms with Gasteiger partial charge in [-0.1, -0.05) is 59.7 Å². The monoisotopic (exact) mass is 504 g/mol. The van der Waals surface area contributed by atoms with E-state index in [-0.39, 0.29) is 11.2 Å². The van der Waals surface area contributed by atoms with Gasteiger partial charge in [-0.05, 0) is 52.7 Å². The Hall–Kier alpha value is -2.80. The number of hydrogen-bond donors (Lipinski definition) is 1. The van der Waals surface area contributed by atoms with Crippen LogP contribution >= 0.6 is 11.3 Å². The summed E-state index contributed by atoms with van der Waals surface area (Å²) < 4.78 is 46.2. The zero-order chi connectivity index (χ0) is 26.3. The highest BCUT2D eigenvalue weighted by Crippen LogP contribution is 2.46. The van der Waals surface area contributed by atoms with Crippen LogP contribution < -0.4 is 4.74 Å². The second-order valence-electron chi connectivity index (χ2n) is 10.8. The molecule has 0 atom stereocenters. The molecule has 0 aliphatic heterocycles. The summed E-state index contributed by atoms with van der Waals surface area (Å²) in [6.45, 7) is 12.4. The lowest BCUT2D eigenvalue weighted by Gasteiger charge is -2.30. The molecule has 0 fully saturated rings. The minimum absolute atomic E-state index is 0.223. The fourth-order valence-corrected chi connectivity index (χ4v) is 4.93. The average molecular weight is 505 g/mol. The quantitative estimate of drug-likeness (QED) is 0.354. The molecular weight excluding hydrogens is 473 g/mol. The van der Waals surface area contributed by atoms with Crippen LogP contribution in [0.5, 0.6) is 5.75 Å². The highest BCUT2D eigenvalue weighted by atomic mass is 32.1. The molecule has 188 valence electrons. The van der Waals surface area contributed by atoms with Crippen molar-refractivity contribution in [2.75, 3.05) is 6.61 Å². The van der Waals surface area contributed by atoms with E-state index < -0.39 is 24.2 Å². The second kappa shape index (κ2) is 9.34. The maximum Gasteiger partial charge on any atom is 0.422 e. The first-order valence-corrected chi connectivity index (χ1v) is 12.1. The van der Waals surface area contributed by atoms with Gasteiger partial charge in [0, 0.05) is 32.2 Å². The highest BCUT2D eigenvalue weighted by molar-refractivity contribution is 7.20. The molecule has 7 heteroatoms. The number of rotatable bonds is 5. The van der Waals surface area contributed by atoms with Crippen molar-refractivity contribution in [2.45, 2.75) is 65.5 Å². The summed E-state index contributed by atoms with van der Waals surface area (Å²) in [4.78, 5) is 12.0. The zero-order valence-electron chi connectivity index (χ0n) is 21.1. The van der Waals surface area contributed by atoms with Gasteiger partial charge in [0.25, 0.3) is 0 Å². The number of benzene rings is 2. The summed E-state index contributed by atoms with van der Waals surface area (Å²) in [5.41, 5.74) is 2.95. The number of carboxylic acids is 1. The molecule has 0 amide bonds. The minimum atomic E-state index is -4.48. The number of hydrogen-bond acceptors (Lipinski definition) is 3. The van der Waals surface area contributed by atoms with Gasteiger partial charge in [0.15, 0.2) is 6.61 Å². The number of carboxylic acid groups (broad SMARTS) is 1. The summed E-state index contributed by atoms with van der Waals surface area (Å²) in [6.07, 6.45) is -3.32. The van der Waals surface area contributed by atoms with Gasteiger partial charge in [0.05, 0.1) is 0 Å². The Morgan fingerprint density at radius 3 is 2.20 bits per heavy atom. The number of halogens is 3. The lowest BCUT2D eigenvalue weighted by Crippen LogP contribution is -2.23. The number of fused-ring (bicyclic) bond motifs is 1. The van der Waals surface area contributed by atoms with Crippen molar-refractivity contribution in [3.05, 3.63) is 58.5 Å². The number of carbonyl (C=O) groups is 1. The van der Waals surface area contributed by atoms with E-state index in [2.05, 4.69) is 20.8 Å². The zero-order valence-corrected chi connectivity index (χ0v) is 21.9. The standard InChI is InChI=1S/C28H31F3O3S/c1-16(11-24(32)33)23-14-19-18(9-8-10-22(19)35-23)20-12-17(26(2,3)4)13-21(27(5,6)7)25(20)34-15-28(29,30)31/h8-14H,15H2,1-7H3,(H,32,33). The third-order valence-electron chi connectivity index (χ3n) is 5.72. The van der Waals surface area contributed by atoms with E-state index in [1.54, 1.807) is 6.92 Å². The van der Waals surface area contributed by atoms with Crippen LogP contribution in [0.4, 0.5) is 13.2 Å². The number of alkyl halides is 3. The van der Waals surface area contributed by atoms with Crippen LogP contribution in [-0.2, 0) is 15.6 Å². The van der Waals surface area contributed by atoms with Gasteiger partial charge < -0.3 is 9.84 Å². The lowest BCUT2D eigenvalue weighted by atomic mass is 9.78. The van der Waals surface area contributed by atoms with E-state index >= 15 is 0 Å². The van der Waals surface area contributed by atoms with Crippen molar-refractivity contribution in [3.63, 3.8) is 0 Å². The molecule has 3 rings (SSSR count). The Morgan fingerprint density at radius 2 is 1.66 bits per heavy atom. The molecule has 3 aromatic rings. The Balaban J connectivity index is 2.37. The molecule has 1 heterocycles. The molecule has 0 aliphatic carbocycles. The van der Waals surface area contributed by atoms with Crippen LogP contribution in [-0.4, -0.2) is 23.9 Å². The summed E-state index contributed by atoms with van der Waals surface area (Å²) in [7, 11) is 0. The second-order valence-corrected chi connectivity index (χ2v) is 11.9. The van der Waals surface area contributed by atoms with Gasteiger partial charge in [-0.2, -0.15) is 13.2 Å². The number of thiophene rings is 1. The Kier molecular flexibility index (Phi) is 7.15. The van der Waals surface area contributed by atoms with Crippen molar-refractivity contribution in [3.8, 4) is 16.9 Å². The molecular formula is C28H31F3O3S. The molecule has 0 saturated heterocycles. The van der Waals surface area contributed by atoms with Crippen molar-refractivity contribution in [1.29, 1.82) is 0 Å². The third kappa shape index (κ3) is 6.26. The van der Waals surface area contributed by atoms with E-state index in [9.17, 15) is 18.0 Å². The molecule has 2 aromatic carbocycles. The molecule has 0 radical (unpaired) electrons. The maximum absolute atomic E-state index is 13.2. The number of ether oxygens (including phenoxy) is 1. The molecule has 0 unspecified atom stereocenters. The van der Waals surface area contributed by atoms with Crippen LogP contribution in [0, 0.1) is 0 Å². The topological polar surface area (TPSA) is 46.5 Å². The average Bonchev–Trinajstić information content (AvgIpc) is 3.14. The normalized spacial score (nSPS) is 13.4. The number of allylic oxidation sites excluding steroid dienone is 1. The Labute approximate surface area is 208 Å². The first-order valence-electron chi connectivity index (χ1n) is 11.3. The van der Waals surface area contributed by atoms with Crippen LogP contribution in [0.15, 0.2) is 42.5 Å². The molecule has 1 N–H and O–H groups in total. The van der Waals surface area contributed by atoms with Gasteiger partial charge in [-0.15, -0.1) is 11.3 Å². The summed E-state index contributed by atoms with van der Waals surface area (Å²) in [5, 5.41) is 9.99. The third-order valence-corrected chi connectivity index (χ3v) is 6.96. The smallest absolute Gasteiger partial charge is 0.422 e. The van der Waals surface area contributed by atoms with Crippen molar-refractivity contribution in [2.24, 2.45) is 0 Å².